The van der Waals surface area contributed by atoms with Crippen molar-refractivity contribution in [2.75, 3.05) is 0 Å². The molecule has 0 amide bonds. The summed E-state index contributed by atoms with van der Waals surface area (Å²) in [4.78, 5) is 24.2. The second-order valence-electron chi connectivity index (χ2n) is 7.29. The summed E-state index contributed by atoms with van der Waals surface area (Å²) in [6.07, 6.45) is 0.752. The van der Waals surface area contributed by atoms with E-state index in [0.29, 0.717) is 23.1 Å². The molecule has 26 heavy (non-hydrogen) atoms. The van der Waals surface area contributed by atoms with E-state index in [4.69, 9.17) is 9.47 Å². The zero-order valence-electron chi connectivity index (χ0n) is 15.8. The quantitative estimate of drug-likeness (QED) is 0.443. The number of carbonyl (C=O) groups is 2. The van der Waals surface area contributed by atoms with Gasteiger partial charge in [0.2, 0.25) is 0 Å². The number of aliphatic hydroxyl groups is 2. The molecule has 1 saturated heterocycles. The number of fused-ring (bicyclic) bond motifs is 1. The maximum atomic E-state index is 12.2. The van der Waals surface area contributed by atoms with E-state index in [1.54, 1.807) is 32.9 Å². The summed E-state index contributed by atoms with van der Waals surface area (Å²) in [6.45, 7) is 10.8. The van der Waals surface area contributed by atoms with Crippen molar-refractivity contribution in [2.24, 2.45) is 11.8 Å². The smallest absolute Gasteiger partial charge is 0.334 e. The first-order chi connectivity index (χ1) is 12.1. The van der Waals surface area contributed by atoms with E-state index in [1.807, 2.05) is 6.92 Å². The van der Waals surface area contributed by atoms with Crippen LogP contribution in [0.2, 0.25) is 0 Å². The topological polar surface area (TPSA) is 93.1 Å². The van der Waals surface area contributed by atoms with Gasteiger partial charge in [0.25, 0.3) is 0 Å². The molecule has 1 fully saturated rings. The third-order valence-electron chi connectivity index (χ3n) is 5.36. The van der Waals surface area contributed by atoms with E-state index in [9.17, 15) is 19.8 Å². The number of hydrogen-bond acceptors (Lipinski definition) is 6. The minimum Gasteiger partial charge on any atom is -0.459 e. The second kappa shape index (κ2) is 8.18. The van der Waals surface area contributed by atoms with Crippen LogP contribution in [0, 0.1) is 11.8 Å². The van der Waals surface area contributed by atoms with Gasteiger partial charge in [0.1, 0.15) is 18.3 Å². The standard InChI is InChI=1S/C20H28O6/c1-6-10(2)19(23)25-16-9-14-13(5)20(24)26-17(14)8-12(4)18(22)15(21)7-11(16)3/h6,8,11,14-18,21-22H,5,7,9H2,1-4H3. The van der Waals surface area contributed by atoms with Crippen LogP contribution in [0.3, 0.4) is 0 Å². The SMILES string of the molecule is C=C1C(=O)OC2C=C(C)C(O)C(O)CC(C)C(OC(=O)C(C)=CC)CC12. The molecule has 2 N–H and O–H groups in total. The number of rotatable bonds is 2. The Hall–Kier alpha value is -1.92. The number of ether oxygens (including phenoxy) is 2. The molecule has 2 rings (SSSR count). The van der Waals surface area contributed by atoms with Gasteiger partial charge in [-0.1, -0.05) is 19.6 Å². The average molecular weight is 364 g/mol. The molecule has 0 aromatic rings. The molecule has 0 saturated carbocycles. The third-order valence-corrected chi connectivity index (χ3v) is 5.36. The van der Waals surface area contributed by atoms with Crippen molar-refractivity contribution in [1.82, 2.24) is 0 Å². The van der Waals surface area contributed by atoms with Crippen LogP contribution >= 0.6 is 0 Å². The van der Waals surface area contributed by atoms with Crippen molar-refractivity contribution in [2.45, 2.75) is 65.0 Å². The Balaban J connectivity index is 2.36. The van der Waals surface area contributed by atoms with Gasteiger partial charge in [-0.15, -0.1) is 0 Å². The van der Waals surface area contributed by atoms with Gasteiger partial charge in [0.05, 0.1) is 6.10 Å². The number of allylic oxidation sites excluding steroid dienone is 1. The first-order valence-electron chi connectivity index (χ1n) is 8.93. The fourth-order valence-corrected chi connectivity index (χ4v) is 3.38. The summed E-state index contributed by atoms with van der Waals surface area (Å²) in [7, 11) is 0. The number of aliphatic hydroxyl groups excluding tert-OH is 2. The van der Waals surface area contributed by atoms with Gasteiger partial charge in [-0.05, 0) is 51.2 Å². The van der Waals surface area contributed by atoms with Crippen molar-refractivity contribution in [1.29, 1.82) is 0 Å². The van der Waals surface area contributed by atoms with Crippen LogP contribution in [-0.2, 0) is 19.1 Å². The van der Waals surface area contributed by atoms with Gasteiger partial charge in [-0.2, -0.15) is 0 Å². The Morgan fingerprint density at radius 1 is 1.38 bits per heavy atom. The number of carbonyl (C=O) groups excluding carboxylic acids is 2. The lowest BCUT2D eigenvalue weighted by Crippen LogP contribution is -2.37. The molecular weight excluding hydrogens is 336 g/mol. The molecule has 1 aliphatic heterocycles. The Morgan fingerprint density at radius 3 is 2.65 bits per heavy atom. The molecule has 0 spiro atoms. The molecule has 0 bridgehead atoms. The first kappa shape index (κ1) is 20.4. The van der Waals surface area contributed by atoms with Crippen molar-refractivity contribution in [3.8, 4) is 0 Å². The predicted molar refractivity (Wildman–Crippen MR) is 96.0 cm³/mol. The third kappa shape index (κ3) is 4.24. The lowest BCUT2D eigenvalue weighted by atomic mass is 9.82. The molecule has 1 aliphatic carbocycles. The fraction of sp³-hybridized carbons (Fsp3) is 0.600. The molecule has 6 unspecified atom stereocenters. The minimum absolute atomic E-state index is 0.219. The zero-order chi connectivity index (χ0) is 19.6. The van der Waals surface area contributed by atoms with E-state index in [2.05, 4.69) is 6.58 Å². The molecule has 2 aliphatic rings. The fourth-order valence-electron chi connectivity index (χ4n) is 3.38. The Kier molecular flexibility index (Phi) is 6.42. The van der Waals surface area contributed by atoms with Crippen LogP contribution in [0.15, 0.2) is 35.5 Å². The molecule has 6 nitrogen and oxygen atoms in total. The van der Waals surface area contributed by atoms with Gasteiger partial charge in [0, 0.05) is 17.1 Å². The maximum Gasteiger partial charge on any atom is 0.334 e. The van der Waals surface area contributed by atoms with Crippen molar-refractivity contribution >= 4 is 11.9 Å². The number of esters is 2. The molecule has 0 aromatic heterocycles. The highest BCUT2D eigenvalue weighted by Crippen LogP contribution is 2.36. The molecule has 6 heteroatoms. The molecule has 0 radical (unpaired) electrons. The summed E-state index contributed by atoms with van der Waals surface area (Å²) >= 11 is 0. The van der Waals surface area contributed by atoms with Crippen LogP contribution in [0.25, 0.3) is 0 Å². The van der Waals surface area contributed by atoms with E-state index >= 15 is 0 Å². The van der Waals surface area contributed by atoms with Gasteiger partial charge in [0.15, 0.2) is 0 Å². The van der Waals surface area contributed by atoms with Gasteiger partial charge in [-0.3, -0.25) is 0 Å². The largest absolute Gasteiger partial charge is 0.459 e. The highest BCUT2D eigenvalue weighted by atomic mass is 16.6. The predicted octanol–water partition coefficient (Wildman–Crippen LogP) is 2.06. The van der Waals surface area contributed by atoms with Crippen LogP contribution in [-0.4, -0.2) is 46.6 Å². The Bertz CT molecular complexity index is 647. The highest BCUT2D eigenvalue weighted by Gasteiger charge is 2.42. The van der Waals surface area contributed by atoms with Crippen LogP contribution < -0.4 is 0 Å². The zero-order valence-corrected chi connectivity index (χ0v) is 15.8. The van der Waals surface area contributed by atoms with E-state index in [1.165, 1.54) is 0 Å². The number of hydrogen-bond donors (Lipinski definition) is 2. The van der Waals surface area contributed by atoms with Gasteiger partial charge >= 0.3 is 11.9 Å². The van der Waals surface area contributed by atoms with Gasteiger partial charge in [-0.25, -0.2) is 9.59 Å². The van der Waals surface area contributed by atoms with Crippen LogP contribution in [0.5, 0.6) is 0 Å². The summed E-state index contributed by atoms with van der Waals surface area (Å²) in [5.74, 6) is -1.48. The van der Waals surface area contributed by atoms with E-state index in [-0.39, 0.29) is 18.3 Å². The van der Waals surface area contributed by atoms with Crippen molar-refractivity contribution in [3.63, 3.8) is 0 Å². The Labute approximate surface area is 154 Å². The molecular formula is C20H28O6. The summed E-state index contributed by atoms with van der Waals surface area (Å²) in [5.41, 5.74) is 1.37. The normalized spacial score (nSPS) is 36.1. The van der Waals surface area contributed by atoms with Crippen molar-refractivity contribution in [3.05, 3.63) is 35.5 Å². The van der Waals surface area contributed by atoms with Gasteiger partial charge < -0.3 is 19.7 Å². The first-order valence-corrected chi connectivity index (χ1v) is 8.93. The lowest BCUT2D eigenvalue weighted by molar-refractivity contribution is -0.149. The van der Waals surface area contributed by atoms with Crippen LogP contribution in [0.4, 0.5) is 0 Å². The second-order valence-corrected chi connectivity index (χ2v) is 7.29. The molecule has 0 aromatic carbocycles. The molecule has 6 atom stereocenters. The minimum atomic E-state index is -1.07. The summed E-state index contributed by atoms with van der Waals surface area (Å²) < 4.78 is 11.0. The highest BCUT2D eigenvalue weighted by molar-refractivity contribution is 5.91. The summed E-state index contributed by atoms with van der Waals surface area (Å²) in [6, 6.07) is 0. The Morgan fingerprint density at radius 2 is 2.04 bits per heavy atom. The molecule has 144 valence electrons. The molecule has 1 heterocycles. The average Bonchev–Trinajstić information content (AvgIpc) is 2.85. The monoisotopic (exact) mass is 364 g/mol. The lowest BCUT2D eigenvalue weighted by Gasteiger charge is -2.32. The summed E-state index contributed by atoms with van der Waals surface area (Å²) in [5, 5.41) is 20.7. The van der Waals surface area contributed by atoms with Crippen LogP contribution in [0.1, 0.15) is 40.5 Å². The maximum absolute atomic E-state index is 12.2. The van der Waals surface area contributed by atoms with E-state index in [0.717, 1.165) is 0 Å². The van der Waals surface area contributed by atoms with Crippen molar-refractivity contribution < 1.29 is 29.3 Å². The van der Waals surface area contributed by atoms with E-state index < -0.39 is 36.4 Å².